The van der Waals surface area contributed by atoms with Crippen molar-refractivity contribution in [2.75, 3.05) is 7.05 Å². The zero-order valence-electron chi connectivity index (χ0n) is 15.6. The van der Waals surface area contributed by atoms with Crippen molar-refractivity contribution in [2.45, 2.75) is 33.7 Å². The van der Waals surface area contributed by atoms with Crippen molar-refractivity contribution >= 4 is 17.5 Å². The van der Waals surface area contributed by atoms with E-state index in [1.807, 2.05) is 36.9 Å². The molecular formula is C19H22ClN5O2. The lowest BCUT2D eigenvalue weighted by molar-refractivity contribution is 0.0777. The Labute approximate surface area is 163 Å². The number of benzene rings is 1. The van der Waals surface area contributed by atoms with Gasteiger partial charge in [0, 0.05) is 43.1 Å². The van der Waals surface area contributed by atoms with Gasteiger partial charge in [0.15, 0.2) is 12.4 Å². The molecule has 0 atom stereocenters. The van der Waals surface area contributed by atoms with Crippen LogP contribution in [0.5, 0.6) is 5.75 Å². The van der Waals surface area contributed by atoms with Gasteiger partial charge in [-0.1, -0.05) is 11.6 Å². The van der Waals surface area contributed by atoms with Gasteiger partial charge in [-0.25, -0.2) is 4.68 Å². The van der Waals surface area contributed by atoms with E-state index in [2.05, 4.69) is 10.2 Å². The van der Waals surface area contributed by atoms with E-state index in [0.717, 1.165) is 23.4 Å². The summed E-state index contributed by atoms with van der Waals surface area (Å²) in [5, 5.41) is 9.20. The van der Waals surface area contributed by atoms with Crippen LogP contribution >= 0.6 is 11.6 Å². The fourth-order valence-electron chi connectivity index (χ4n) is 2.66. The fraction of sp³-hybridized carbons (Fsp3) is 0.316. The largest absolute Gasteiger partial charge is 0.471 e. The number of ether oxygens (including phenoxy) is 1. The molecule has 0 aliphatic heterocycles. The molecule has 0 saturated heterocycles. The third-order valence-corrected chi connectivity index (χ3v) is 4.36. The molecule has 142 valence electrons. The minimum absolute atomic E-state index is 0.152. The van der Waals surface area contributed by atoms with E-state index in [9.17, 15) is 4.79 Å². The van der Waals surface area contributed by atoms with Gasteiger partial charge in [-0.2, -0.15) is 10.2 Å². The summed E-state index contributed by atoms with van der Waals surface area (Å²) < 4.78 is 9.17. The Morgan fingerprint density at radius 2 is 2.11 bits per heavy atom. The molecule has 2 aromatic heterocycles. The highest BCUT2D eigenvalue weighted by Crippen LogP contribution is 2.22. The SMILES string of the molecule is CCn1cc(CN(C)C(=O)c2ccn(COc3ccc(Cl)cc3C)n2)cn1. The molecule has 0 radical (unpaired) electrons. The minimum atomic E-state index is -0.152. The zero-order chi connectivity index (χ0) is 19.4. The summed E-state index contributed by atoms with van der Waals surface area (Å²) in [7, 11) is 1.75. The second-order valence-electron chi connectivity index (χ2n) is 6.29. The molecule has 3 rings (SSSR count). The first-order chi connectivity index (χ1) is 13.0. The van der Waals surface area contributed by atoms with Crippen molar-refractivity contribution in [1.82, 2.24) is 24.5 Å². The van der Waals surface area contributed by atoms with Crippen molar-refractivity contribution in [3.8, 4) is 5.75 Å². The van der Waals surface area contributed by atoms with Gasteiger partial charge in [0.25, 0.3) is 5.91 Å². The number of aryl methyl sites for hydroxylation is 2. The Kier molecular flexibility index (Phi) is 5.81. The van der Waals surface area contributed by atoms with E-state index in [1.165, 1.54) is 0 Å². The second-order valence-corrected chi connectivity index (χ2v) is 6.73. The topological polar surface area (TPSA) is 65.2 Å². The molecule has 2 heterocycles. The third-order valence-electron chi connectivity index (χ3n) is 4.13. The number of hydrogen-bond donors (Lipinski definition) is 0. The number of hydrogen-bond acceptors (Lipinski definition) is 4. The Morgan fingerprint density at radius 1 is 1.30 bits per heavy atom. The summed E-state index contributed by atoms with van der Waals surface area (Å²) in [5.41, 5.74) is 2.30. The maximum atomic E-state index is 12.6. The van der Waals surface area contributed by atoms with E-state index in [-0.39, 0.29) is 12.6 Å². The van der Waals surface area contributed by atoms with Crippen LogP contribution in [0.15, 0.2) is 42.9 Å². The van der Waals surface area contributed by atoms with E-state index < -0.39 is 0 Å². The van der Waals surface area contributed by atoms with Gasteiger partial charge in [0.05, 0.1) is 6.20 Å². The number of carbonyl (C=O) groups is 1. The van der Waals surface area contributed by atoms with Gasteiger partial charge < -0.3 is 9.64 Å². The van der Waals surface area contributed by atoms with Crippen molar-refractivity contribution < 1.29 is 9.53 Å². The molecule has 0 bridgehead atoms. The maximum Gasteiger partial charge on any atom is 0.274 e. The van der Waals surface area contributed by atoms with E-state index in [1.54, 1.807) is 41.2 Å². The van der Waals surface area contributed by atoms with Crippen molar-refractivity contribution in [3.63, 3.8) is 0 Å². The lowest BCUT2D eigenvalue weighted by Gasteiger charge is -2.14. The van der Waals surface area contributed by atoms with Crippen molar-refractivity contribution in [2.24, 2.45) is 0 Å². The highest BCUT2D eigenvalue weighted by Gasteiger charge is 2.16. The first-order valence-electron chi connectivity index (χ1n) is 8.65. The van der Waals surface area contributed by atoms with Gasteiger partial charge in [-0.3, -0.25) is 9.48 Å². The molecule has 1 amide bonds. The molecule has 3 aromatic rings. The van der Waals surface area contributed by atoms with Crippen LogP contribution < -0.4 is 4.74 Å². The maximum absolute atomic E-state index is 12.6. The third kappa shape index (κ3) is 4.68. The van der Waals surface area contributed by atoms with Crippen LogP contribution in [-0.4, -0.2) is 37.4 Å². The Morgan fingerprint density at radius 3 is 2.81 bits per heavy atom. The summed E-state index contributed by atoms with van der Waals surface area (Å²) in [6.45, 7) is 5.44. The molecule has 7 nitrogen and oxygen atoms in total. The van der Waals surface area contributed by atoms with Crippen molar-refractivity contribution in [3.05, 3.63) is 64.7 Å². The van der Waals surface area contributed by atoms with Gasteiger partial charge in [-0.15, -0.1) is 0 Å². The van der Waals surface area contributed by atoms with Gasteiger partial charge in [-0.05, 0) is 43.7 Å². The number of carbonyl (C=O) groups excluding carboxylic acids is 1. The molecule has 0 aliphatic carbocycles. The second kappa shape index (κ2) is 8.26. The Hall–Kier alpha value is -2.80. The Balaban J connectivity index is 1.59. The first kappa shape index (κ1) is 19.0. The summed E-state index contributed by atoms with van der Waals surface area (Å²) in [6, 6.07) is 7.12. The van der Waals surface area contributed by atoms with Crippen LogP contribution in [0.3, 0.4) is 0 Å². The summed E-state index contributed by atoms with van der Waals surface area (Å²) in [5.74, 6) is 0.577. The normalized spacial score (nSPS) is 10.8. The summed E-state index contributed by atoms with van der Waals surface area (Å²) in [6.07, 6.45) is 5.43. The van der Waals surface area contributed by atoms with Crippen LogP contribution in [0.4, 0.5) is 0 Å². The predicted octanol–water partition coefficient (Wildman–Crippen LogP) is 3.37. The number of rotatable bonds is 7. The average Bonchev–Trinajstić information content (AvgIpc) is 3.29. The number of nitrogens with zero attached hydrogens (tertiary/aromatic N) is 5. The minimum Gasteiger partial charge on any atom is -0.471 e. The lowest BCUT2D eigenvalue weighted by atomic mass is 10.2. The zero-order valence-corrected chi connectivity index (χ0v) is 16.3. The van der Waals surface area contributed by atoms with Crippen LogP contribution in [0.2, 0.25) is 5.02 Å². The van der Waals surface area contributed by atoms with Crippen LogP contribution in [0, 0.1) is 6.92 Å². The van der Waals surface area contributed by atoms with Gasteiger partial charge >= 0.3 is 0 Å². The Bertz CT molecular complexity index is 934. The molecule has 0 fully saturated rings. The smallest absolute Gasteiger partial charge is 0.274 e. The summed E-state index contributed by atoms with van der Waals surface area (Å²) >= 11 is 5.95. The molecule has 0 N–H and O–H groups in total. The standard InChI is InChI=1S/C19H22ClN5O2/c1-4-24-12-15(10-21-24)11-23(3)19(26)17-7-8-25(22-17)13-27-18-6-5-16(20)9-14(18)2/h5-10,12H,4,11,13H2,1-3H3. The molecule has 8 heteroatoms. The molecule has 0 spiro atoms. The van der Waals surface area contributed by atoms with Crippen LogP contribution in [-0.2, 0) is 19.8 Å². The highest BCUT2D eigenvalue weighted by atomic mass is 35.5. The predicted molar refractivity (Wildman–Crippen MR) is 103 cm³/mol. The van der Waals surface area contributed by atoms with Gasteiger partial charge in [0.2, 0.25) is 0 Å². The molecule has 0 aliphatic rings. The quantitative estimate of drug-likeness (QED) is 0.623. The molecule has 1 aromatic carbocycles. The number of halogens is 1. The molecule has 27 heavy (non-hydrogen) atoms. The molecular weight excluding hydrogens is 366 g/mol. The van der Waals surface area contributed by atoms with E-state index >= 15 is 0 Å². The molecule has 0 saturated carbocycles. The number of amides is 1. The lowest BCUT2D eigenvalue weighted by Crippen LogP contribution is -2.26. The molecule has 0 unspecified atom stereocenters. The fourth-order valence-corrected chi connectivity index (χ4v) is 2.89. The van der Waals surface area contributed by atoms with Crippen molar-refractivity contribution in [1.29, 1.82) is 0 Å². The monoisotopic (exact) mass is 387 g/mol. The van der Waals surface area contributed by atoms with Crippen LogP contribution in [0.1, 0.15) is 28.5 Å². The van der Waals surface area contributed by atoms with Crippen LogP contribution in [0.25, 0.3) is 0 Å². The first-order valence-corrected chi connectivity index (χ1v) is 9.03. The van der Waals surface area contributed by atoms with E-state index in [0.29, 0.717) is 17.3 Å². The average molecular weight is 388 g/mol. The van der Waals surface area contributed by atoms with Gasteiger partial charge in [0.1, 0.15) is 5.75 Å². The highest BCUT2D eigenvalue weighted by molar-refractivity contribution is 6.30. The number of aromatic nitrogens is 4. The van der Waals surface area contributed by atoms with E-state index in [4.69, 9.17) is 16.3 Å². The summed E-state index contributed by atoms with van der Waals surface area (Å²) in [4.78, 5) is 14.2.